The van der Waals surface area contributed by atoms with Crippen LogP contribution in [0.3, 0.4) is 0 Å². The van der Waals surface area contributed by atoms with E-state index in [0.717, 1.165) is 11.1 Å². The van der Waals surface area contributed by atoms with Crippen LogP contribution in [0, 0.1) is 17.1 Å². The van der Waals surface area contributed by atoms with Crippen molar-refractivity contribution in [3.63, 3.8) is 0 Å². The zero-order valence-electron chi connectivity index (χ0n) is 11.8. The van der Waals surface area contributed by atoms with E-state index >= 15 is 0 Å². The van der Waals surface area contributed by atoms with Gasteiger partial charge in [-0.1, -0.05) is 24.3 Å². The summed E-state index contributed by atoms with van der Waals surface area (Å²) >= 11 is 0. The third-order valence-electron chi connectivity index (χ3n) is 3.67. The molecular weight excluding hydrogens is 263 g/mol. The summed E-state index contributed by atoms with van der Waals surface area (Å²) in [6.45, 7) is 3.76. The third-order valence-corrected chi connectivity index (χ3v) is 3.67. The highest BCUT2D eigenvalue weighted by Gasteiger charge is 2.30. The van der Waals surface area contributed by atoms with Crippen LogP contribution in [0.4, 0.5) is 4.39 Å². The highest BCUT2D eigenvalue weighted by Crippen LogP contribution is 2.32. The number of pyridine rings is 1. The van der Waals surface area contributed by atoms with E-state index in [1.165, 1.54) is 12.1 Å². The zero-order chi connectivity index (χ0) is 15.1. The predicted molar refractivity (Wildman–Crippen MR) is 81.1 cm³/mol. The lowest BCUT2D eigenvalue weighted by Crippen LogP contribution is -2.24. The van der Waals surface area contributed by atoms with Gasteiger partial charge >= 0.3 is 0 Å². The van der Waals surface area contributed by atoms with E-state index in [4.69, 9.17) is 0 Å². The first-order valence-electron chi connectivity index (χ1n) is 6.87. The standard InChI is InChI=1S/C18H17FN2/c1-2-10-18(14-20,16-4-3-12-21-13-16)11-9-15-5-7-17(19)8-6-15/h2-8,12-13H,1,9-11H2. The van der Waals surface area contributed by atoms with E-state index in [0.29, 0.717) is 19.3 Å². The van der Waals surface area contributed by atoms with Crippen molar-refractivity contribution in [3.8, 4) is 6.07 Å². The number of aryl methyl sites for hydroxylation is 1. The third kappa shape index (κ3) is 3.55. The van der Waals surface area contributed by atoms with Crippen LogP contribution in [0.25, 0.3) is 0 Å². The number of hydrogen-bond acceptors (Lipinski definition) is 2. The Labute approximate surface area is 124 Å². The Kier molecular flexibility index (Phi) is 4.84. The molecule has 0 aliphatic rings. The van der Waals surface area contributed by atoms with Crippen molar-refractivity contribution >= 4 is 0 Å². The van der Waals surface area contributed by atoms with Gasteiger partial charge in [-0.2, -0.15) is 5.26 Å². The highest BCUT2D eigenvalue weighted by atomic mass is 19.1. The second-order valence-electron chi connectivity index (χ2n) is 5.05. The quantitative estimate of drug-likeness (QED) is 0.744. The number of hydrogen-bond donors (Lipinski definition) is 0. The number of halogens is 1. The summed E-state index contributed by atoms with van der Waals surface area (Å²) in [5.41, 5.74) is 1.28. The van der Waals surface area contributed by atoms with Gasteiger partial charge in [0.25, 0.3) is 0 Å². The highest BCUT2D eigenvalue weighted by molar-refractivity contribution is 5.32. The molecule has 1 aromatic carbocycles. The Hall–Kier alpha value is -2.47. The maximum atomic E-state index is 12.9. The van der Waals surface area contributed by atoms with Crippen LogP contribution in [0.15, 0.2) is 61.4 Å². The van der Waals surface area contributed by atoms with Gasteiger partial charge < -0.3 is 0 Å². The molecule has 2 rings (SSSR count). The molecule has 3 heteroatoms. The van der Waals surface area contributed by atoms with E-state index in [2.05, 4.69) is 17.6 Å². The van der Waals surface area contributed by atoms with Gasteiger partial charge in [0.1, 0.15) is 5.82 Å². The van der Waals surface area contributed by atoms with Gasteiger partial charge in [-0.3, -0.25) is 4.98 Å². The smallest absolute Gasteiger partial charge is 0.123 e. The van der Waals surface area contributed by atoms with E-state index in [1.807, 2.05) is 12.1 Å². The summed E-state index contributed by atoms with van der Waals surface area (Å²) in [6, 6.07) is 12.6. The van der Waals surface area contributed by atoms with E-state index in [9.17, 15) is 9.65 Å². The van der Waals surface area contributed by atoms with Gasteiger partial charge in [0.05, 0.1) is 11.5 Å². The molecule has 21 heavy (non-hydrogen) atoms. The van der Waals surface area contributed by atoms with Gasteiger partial charge in [-0.15, -0.1) is 6.58 Å². The Morgan fingerprint density at radius 1 is 1.29 bits per heavy atom. The van der Waals surface area contributed by atoms with E-state index in [-0.39, 0.29) is 5.82 Å². The van der Waals surface area contributed by atoms with E-state index < -0.39 is 5.41 Å². The fourth-order valence-corrected chi connectivity index (χ4v) is 2.43. The molecule has 0 fully saturated rings. The molecule has 0 aliphatic carbocycles. The fraction of sp³-hybridized carbons (Fsp3) is 0.222. The average molecular weight is 280 g/mol. The van der Waals surface area contributed by atoms with Crippen LogP contribution in [-0.4, -0.2) is 4.98 Å². The van der Waals surface area contributed by atoms with Crippen molar-refractivity contribution in [2.45, 2.75) is 24.7 Å². The molecule has 1 atom stereocenters. The number of aromatic nitrogens is 1. The first-order valence-corrected chi connectivity index (χ1v) is 6.87. The Balaban J connectivity index is 2.23. The number of nitrogens with zero attached hydrogens (tertiary/aromatic N) is 2. The molecule has 2 aromatic rings. The lowest BCUT2D eigenvalue weighted by molar-refractivity contribution is 0.507. The maximum Gasteiger partial charge on any atom is 0.123 e. The molecule has 0 radical (unpaired) electrons. The Bertz CT molecular complexity index is 629. The van der Waals surface area contributed by atoms with Gasteiger partial charge in [-0.05, 0) is 48.6 Å². The predicted octanol–water partition coefficient (Wildman–Crippen LogP) is 4.19. The Morgan fingerprint density at radius 3 is 2.62 bits per heavy atom. The van der Waals surface area contributed by atoms with Gasteiger partial charge in [-0.25, -0.2) is 4.39 Å². The maximum absolute atomic E-state index is 12.9. The molecule has 0 bridgehead atoms. The van der Waals surface area contributed by atoms with Gasteiger partial charge in [0, 0.05) is 12.4 Å². The molecule has 1 aromatic heterocycles. The molecule has 1 unspecified atom stereocenters. The molecular formula is C18H17FN2. The SMILES string of the molecule is C=CCC(C#N)(CCc1ccc(F)cc1)c1cccnc1. The second kappa shape index (κ2) is 6.81. The normalized spacial score (nSPS) is 13.1. The summed E-state index contributed by atoms with van der Waals surface area (Å²) < 4.78 is 12.9. The largest absolute Gasteiger partial charge is 0.264 e. The molecule has 0 aliphatic heterocycles. The first-order chi connectivity index (χ1) is 10.2. The summed E-state index contributed by atoms with van der Waals surface area (Å²) in [5, 5.41) is 9.70. The minimum atomic E-state index is -0.635. The van der Waals surface area contributed by atoms with Crippen molar-refractivity contribution in [1.82, 2.24) is 4.98 Å². The number of allylic oxidation sites excluding steroid dienone is 1. The lowest BCUT2D eigenvalue weighted by atomic mass is 9.75. The molecule has 106 valence electrons. The van der Waals surface area contributed by atoms with Crippen molar-refractivity contribution in [3.05, 3.63) is 78.4 Å². The molecule has 0 amide bonds. The van der Waals surface area contributed by atoms with Gasteiger partial charge in [0.2, 0.25) is 0 Å². The summed E-state index contributed by atoms with van der Waals surface area (Å²) in [7, 11) is 0. The van der Waals surface area contributed by atoms with Crippen LogP contribution in [0.1, 0.15) is 24.0 Å². The average Bonchev–Trinajstić information content (AvgIpc) is 2.54. The number of rotatable bonds is 6. The van der Waals surface area contributed by atoms with Crippen LogP contribution < -0.4 is 0 Å². The van der Waals surface area contributed by atoms with Crippen LogP contribution in [0.2, 0.25) is 0 Å². The number of nitriles is 1. The summed E-state index contributed by atoms with van der Waals surface area (Å²) in [4.78, 5) is 4.11. The summed E-state index contributed by atoms with van der Waals surface area (Å²) in [6.07, 6.45) is 7.11. The molecule has 0 spiro atoms. The minimum absolute atomic E-state index is 0.247. The fourth-order valence-electron chi connectivity index (χ4n) is 2.43. The van der Waals surface area contributed by atoms with Crippen molar-refractivity contribution in [2.75, 3.05) is 0 Å². The van der Waals surface area contributed by atoms with E-state index in [1.54, 1.807) is 30.6 Å². The number of benzene rings is 1. The summed E-state index contributed by atoms with van der Waals surface area (Å²) in [5.74, 6) is -0.247. The van der Waals surface area contributed by atoms with Crippen LogP contribution in [0.5, 0.6) is 0 Å². The molecule has 1 heterocycles. The minimum Gasteiger partial charge on any atom is -0.264 e. The van der Waals surface area contributed by atoms with Crippen molar-refractivity contribution in [1.29, 1.82) is 5.26 Å². The monoisotopic (exact) mass is 280 g/mol. The van der Waals surface area contributed by atoms with Crippen LogP contribution in [-0.2, 0) is 11.8 Å². The molecule has 0 saturated heterocycles. The molecule has 0 N–H and O–H groups in total. The van der Waals surface area contributed by atoms with Crippen LogP contribution >= 0.6 is 0 Å². The molecule has 0 saturated carbocycles. The lowest BCUT2D eigenvalue weighted by Gasteiger charge is -2.25. The van der Waals surface area contributed by atoms with Crippen molar-refractivity contribution in [2.24, 2.45) is 0 Å². The topological polar surface area (TPSA) is 36.7 Å². The Morgan fingerprint density at radius 2 is 2.05 bits per heavy atom. The molecule has 2 nitrogen and oxygen atoms in total. The zero-order valence-corrected chi connectivity index (χ0v) is 11.8. The second-order valence-corrected chi connectivity index (χ2v) is 5.05. The van der Waals surface area contributed by atoms with Gasteiger partial charge in [0.15, 0.2) is 0 Å². The van der Waals surface area contributed by atoms with Crippen molar-refractivity contribution < 1.29 is 4.39 Å². The first kappa shape index (κ1) is 14.9.